The van der Waals surface area contributed by atoms with Crippen LogP contribution in [0.3, 0.4) is 0 Å². The molecule has 7 nitrogen and oxygen atoms in total. The highest BCUT2D eigenvalue weighted by Crippen LogP contribution is 2.34. The van der Waals surface area contributed by atoms with Gasteiger partial charge in [0.2, 0.25) is 0 Å². The lowest BCUT2D eigenvalue weighted by molar-refractivity contribution is 0.102. The van der Waals surface area contributed by atoms with E-state index in [4.69, 9.17) is 16.6 Å². The number of rotatable bonds is 7. The number of hydrogen-bond donors (Lipinski definition) is 1. The zero-order valence-corrected chi connectivity index (χ0v) is 20.3. The summed E-state index contributed by atoms with van der Waals surface area (Å²) in [6.45, 7) is 5.42. The third kappa shape index (κ3) is 4.42. The number of aromatic nitrogens is 5. The molecule has 0 saturated heterocycles. The second-order valence-corrected chi connectivity index (χ2v) is 8.53. The molecule has 0 fully saturated rings. The summed E-state index contributed by atoms with van der Waals surface area (Å²) in [6.07, 6.45) is 3.39. The summed E-state index contributed by atoms with van der Waals surface area (Å²) in [6, 6.07) is 22.3. The number of benzene rings is 2. The molecule has 0 saturated carbocycles. The summed E-state index contributed by atoms with van der Waals surface area (Å²) in [5, 5.41) is 7.17. The second kappa shape index (κ2) is 9.72. The zero-order chi connectivity index (χ0) is 24.4. The molecule has 3 heterocycles. The first-order valence-electron chi connectivity index (χ1n) is 11.6. The number of carbonyl (C=O) groups is 1. The highest BCUT2D eigenvalue weighted by Gasteiger charge is 2.25. The molecule has 0 spiro atoms. The number of fused-ring (bicyclic) bond motifs is 1. The third-order valence-electron chi connectivity index (χ3n) is 6.02. The fourth-order valence-electron chi connectivity index (χ4n) is 4.34. The Balaban J connectivity index is 1.61. The van der Waals surface area contributed by atoms with Crippen LogP contribution in [0.15, 0.2) is 79.1 Å². The molecule has 0 atom stereocenters. The number of imidazole rings is 1. The van der Waals surface area contributed by atoms with Crippen LogP contribution in [0, 0.1) is 0 Å². The van der Waals surface area contributed by atoms with Gasteiger partial charge in [0.25, 0.3) is 5.91 Å². The van der Waals surface area contributed by atoms with Crippen LogP contribution in [0.4, 0.5) is 5.69 Å². The molecule has 0 aliphatic rings. The Kier molecular flexibility index (Phi) is 6.33. The molecule has 1 N–H and O–H groups in total. The van der Waals surface area contributed by atoms with Crippen LogP contribution in [0.25, 0.3) is 11.2 Å². The topological polar surface area (TPSA) is 77.6 Å². The highest BCUT2D eigenvalue weighted by atomic mass is 35.5. The monoisotopic (exact) mass is 484 g/mol. The van der Waals surface area contributed by atoms with E-state index >= 15 is 0 Å². The second-order valence-electron chi connectivity index (χ2n) is 8.18. The molecule has 0 bridgehead atoms. The predicted molar refractivity (Wildman–Crippen MR) is 138 cm³/mol. The van der Waals surface area contributed by atoms with Crippen LogP contribution in [0.1, 0.15) is 47.1 Å². The lowest BCUT2D eigenvalue weighted by atomic mass is 9.90. The summed E-state index contributed by atoms with van der Waals surface area (Å²) in [5.41, 5.74) is 4.42. The standard InChI is InChI=1S/C27H25ClN6O/c1-3-33-17-20(16-29-33)30-27(35)21-15-22-25(31-24(21)28)32-26(34(22)4-2)23(18-11-7-5-8-12-18)19-13-9-6-10-14-19/h5-17,23H,3-4H2,1-2H3,(H,30,35). The SMILES string of the molecule is CCn1cc(NC(=O)c2cc3c(nc2Cl)nc(C(c2ccccc2)c2ccccc2)n3CC)cn1. The predicted octanol–water partition coefficient (Wildman–Crippen LogP) is 5.75. The Labute approximate surface area is 208 Å². The maximum absolute atomic E-state index is 13.1. The van der Waals surface area contributed by atoms with Crippen LogP contribution in [-0.2, 0) is 13.1 Å². The van der Waals surface area contributed by atoms with Crippen LogP contribution >= 0.6 is 11.6 Å². The molecule has 1 amide bonds. The Morgan fingerprint density at radius 3 is 2.20 bits per heavy atom. The summed E-state index contributed by atoms with van der Waals surface area (Å²) in [4.78, 5) is 22.5. The van der Waals surface area contributed by atoms with Crippen molar-refractivity contribution in [3.05, 3.63) is 107 Å². The van der Waals surface area contributed by atoms with E-state index in [0.717, 1.165) is 22.5 Å². The zero-order valence-electron chi connectivity index (χ0n) is 19.5. The van der Waals surface area contributed by atoms with Crippen LogP contribution < -0.4 is 5.32 Å². The number of hydrogen-bond acceptors (Lipinski definition) is 4. The Bertz CT molecular complexity index is 1440. The Morgan fingerprint density at radius 1 is 0.971 bits per heavy atom. The van der Waals surface area contributed by atoms with Crippen LogP contribution in [0.5, 0.6) is 0 Å². The van der Waals surface area contributed by atoms with E-state index in [1.54, 1.807) is 23.1 Å². The average molecular weight is 485 g/mol. The minimum Gasteiger partial charge on any atom is -0.326 e. The molecule has 0 aliphatic heterocycles. The van der Waals surface area contributed by atoms with Crippen molar-refractivity contribution in [2.75, 3.05) is 5.32 Å². The smallest absolute Gasteiger partial charge is 0.258 e. The van der Waals surface area contributed by atoms with Gasteiger partial charge in [-0.2, -0.15) is 5.10 Å². The van der Waals surface area contributed by atoms with Crippen LogP contribution in [0.2, 0.25) is 5.15 Å². The molecule has 0 aliphatic carbocycles. The molecule has 5 aromatic rings. The van der Waals surface area contributed by atoms with Crippen molar-refractivity contribution >= 4 is 34.4 Å². The average Bonchev–Trinajstić information content (AvgIpc) is 3.48. The maximum atomic E-state index is 13.1. The minimum atomic E-state index is -0.340. The normalized spacial score (nSPS) is 11.3. The van der Waals surface area contributed by atoms with Gasteiger partial charge in [0, 0.05) is 19.3 Å². The molecule has 176 valence electrons. The van der Waals surface area contributed by atoms with Crippen molar-refractivity contribution in [1.29, 1.82) is 0 Å². The van der Waals surface area contributed by atoms with Crippen molar-refractivity contribution in [1.82, 2.24) is 24.3 Å². The van der Waals surface area contributed by atoms with E-state index < -0.39 is 0 Å². The molecule has 5 rings (SSSR count). The van der Waals surface area contributed by atoms with Crippen molar-refractivity contribution in [3.8, 4) is 0 Å². The number of pyridine rings is 1. The summed E-state index contributed by atoms with van der Waals surface area (Å²) in [7, 11) is 0. The van der Waals surface area contributed by atoms with Crippen LogP contribution in [-0.4, -0.2) is 30.2 Å². The number of halogens is 1. The molecule has 0 radical (unpaired) electrons. The fourth-order valence-corrected chi connectivity index (χ4v) is 4.56. The van der Waals surface area contributed by atoms with Gasteiger partial charge in [0.05, 0.1) is 28.9 Å². The minimum absolute atomic E-state index is 0.0949. The van der Waals surface area contributed by atoms with Crippen molar-refractivity contribution in [2.24, 2.45) is 0 Å². The van der Waals surface area contributed by atoms with Crippen molar-refractivity contribution in [2.45, 2.75) is 32.9 Å². The van der Waals surface area contributed by atoms with Crippen molar-refractivity contribution in [3.63, 3.8) is 0 Å². The molecule has 8 heteroatoms. The largest absolute Gasteiger partial charge is 0.326 e. The number of amides is 1. The first-order valence-corrected chi connectivity index (χ1v) is 12.0. The van der Waals surface area contributed by atoms with Gasteiger partial charge in [0.15, 0.2) is 5.65 Å². The lowest BCUT2D eigenvalue weighted by Gasteiger charge is -2.19. The van der Waals surface area contributed by atoms with Gasteiger partial charge in [-0.05, 0) is 31.0 Å². The lowest BCUT2D eigenvalue weighted by Crippen LogP contribution is -2.13. The number of aryl methyl sites for hydroxylation is 2. The van der Waals surface area contributed by atoms with E-state index in [2.05, 4.69) is 51.2 Å². The molecule has 35 heavy (non-hydrogen) atoms. The van der Waals surface area contributed by atoms with Gasteiger partial charge in [-0.15, -0.1) is 0 Å². The van der Waals surface area contributed by atoms with Gasteiger partial charge in [-0.1, -0.05) is 72.3 Å². The maximum Gasteiger partial charge on any atom is 0.258 e. The van der Waals surface area contributed by atoms with Crippen molar-refractivity contribution < 1.29 is 4.79 Å². The first-order chi connectivity index (χ1) is 17.1. The quantitative estimate of drug-likeness (QED) is 0.298. The van der Waals surface area contributed by atoms with E-state index in [0.29, 0.717) is 30.0 Å². The summed E-state index contributed by atoms with van der Waals surface area (Å²) >= 11 is 6.47. The molecular formula is C27H25ClN6O. The van der Waals surface area contributed by atoms with Gasteiger partial charge in [-0.25, -0.2) is 9.97 Å². The number of nitrogens with zero attached hydrogens (tertiary/aromatic N) is 5. The summed E-state index contributed by atoms with van der Waals surface area (Å²) in [5.74, 6) is 0.417. The molecule has 0 unspecified atom stereocenters. The fraction of sp³-hybridized carbons (Fsp3) is 0.185. The highest BCUT2D eigenvalue weighted by molar-refractivity contribution is 6.33. The molecule has 2 aromatic carbocycles. The Hall–Kier alpha value is -3.97. The first kappa shape index (κ1) is 22.8. The van der Waals surface area contributed by atoms with Gasteiger partial charge in [-0.3, -0.25) is 9.48 Å². The van der Waals surface area contributed by atoms with Gasteiger partial charge in [0.1, 0.15) is 11.0 Å². The van der Waals surface area contributed by atoms with E-state index in [-0.39, 0.29) is 17.0 Å². The number of anilines is 1. The van der Waals surface area contributed by atoms with Gasteiger partial charge >= 0.3 is 0 Å². The van der Waals surface area contributed by atoms with E-state index in [1.165, 1.54) is 0 Å². The molecular weight excluding hydrogens is 460 g/mol. The van der Waals surface area contributed by atoms with Gasteiger partial charge < -0.3 is 9.88 Å². The number of carbonyl (C=O) groups excluding carboxylic acids is 1. The van der Waals surface area contributed by atoms with E-state index in [9.17, 15) is 4.79 Å². The molecule has 3 aromatic heterocycles. The number of nitrogens with one attached hydrogen (secondary N) is 1. The van der Waals surface area contributed by atoms with E-state index in [1.807, 2.05) is 43.3 Å². The third-order valence-corrected chi connectivity index (χ3v) is 6.31. The Morgan fingerprint density at radius 2 is 1.63 bits per heavy atom. The summed E-state index contributed by atoms with van der Waals surface area (Å²) < 4.78 is 3.85.